The van der Waals surface area contributed by atoms with Crippen molar-refractivity contribution in [3.8, 4) is 0 Å². The lowest BCUT2D eigenvalue weighted by molar-refractivity contribution is 0.673. The Morgan fingerprint density at radius 1 is 1.50 bits per heavy atom. The fourth-order valence-electron chi connectivity index (χ4n) is 0.872. The second-order valence-electron chi connectivity index (χ2n) is 2.51. The van der Waals surface area contributed by atoms with Crippen LogP contribution in [0.2, 0.25) is 0 Å². The minimum atomic E-state index is -0.834. The van der Waals surface area contributed by atoms with E-state index in [4.69, 9.17) is 0 Å². The van der Waals surface area contributed by atoms with Crippen LogP contribution in [0.5, 0.6) is 0 Å². The fraction of sp³-hybridized carbons (Fsp3) is 0.375. The number of aromatic nitrogens is 1. The van der Waals surface area contributed by atoms with E-state index < -0.39 is 10.8 Å². The summed E-state index contributed by atoms with van der Waals surface area (Å²) in [5, 5.41) is 0. The normalized spacial score (nSPS) is 12.8. The maximum Gasteiger partial charge on any atom is 0.250 e. The van der Waals surface area contributed by atoms with Crippen LogP contribution < -0.4 is 5.56 Å². The SMILES string of the molecule is CS(=O)CCn1ccccc1=O. The van der Waals surface area contributed by atoms with Gasteiger partial charge in [0.2, 0.25) is 0 Å². The molecule has 0 bridgehead atoms. The summed E-state index contributed by atoms with van der Waals surface area (Å²) in [6.45, 7) is 0.531. The van der Waals surface area contributed by atoms with Crippen molar-refractivity contribution in [3.05, 3.63) is 34.7 Å². The zero-order valence-corrected chi connectivity index (χ0v) is 7.71. The maximum atomic E-state index is 11.1. The van der Waals surface area contributed by atoms with Crippen molar-refractivity contribution in [3.63, 3.8) is 0 Å². The average Bonchev–Trinajstić information content (AvgIpc) is 2.03. The van der Waals surface area contributed by atoms with Gasteiger partial charge in [-0.2, -0.15) is 0 Å². The topological polar surface area (TPSA) is 39.1 Å². The van der Waals surface area contributed by atoms with Crippen LogP contribution in [0.25, 0.3) is 0 Å². The van der Waals surface area contributed by atoms with Crippen molar-refractivity contribution in [2.45, 2.75) is 6.54 Å². The quantitative estimate of drug-likeness (QED) is 0.676. The zero-order chi connectivity index (χ0) is 8.97. The molecule has 0 radical (unpaired) electrons. The molecule has 0 N–H and O–H groups in total. The standard InChI is InChI=1S/C8H11NO2S/c1-12(11)7-6-9-5-3-2-4-8(9)10/h2-5H,6-7H2,1H3. The highest BCUT2D eigenvalue weighted by Crippen LogP contribution is 1.83. The van der Waals surface area contributed by atoms with Gasteiger partial charge in [-0.15, -0.1) is 0 Å². The Morgan fingerprint density at radius 3 is 2.83 bits per heavy atom. The van der Waals surface area contributed by atoms with E-state index >= 15 is 0 Å². The molecule has 1 aromatic heterocycles. The predicted molar refractivity (Wildman–Crippen MR) is 49.6 cm³/mol. The summed E-state index contributed by atoms with van der Waals surface area (Å²) >= 11 is 0. The van der Waals surface area contributed by atoms with Gasteiger partial charge in [0.05, 0.1) is 0 Å². The van der Waals surface area contributed by atoms with Crippen molar-refractivity contribution in [2.75, 3.05) is 12.0 Å². The molecule has 0 saturated carbocycles. The molecule has 0 aliphatic carbocycles. The molecule has 0 fully saturated rings. The van der Waals surface area contributed by atoms with E-state index in [0.717, 1.165) is 0 Å². The third kappa shape index (κ3) is 2.62. The van der Waals surface area contributed by atoms with E-state index in [-0.39, 0.29) is 5.56 Å². The summed E-state index contributed by atoms with van der Waals surface area (Å²) in [6, 6.07) is 4.99. The maximum absolute atomic E-state index is 11.1. The van der Waals surface area contributed by atoms with Crippen LogP contribution in [0.4, 0.5) is 0 Å². The van der Waals surface area contributed by atoms with Gasteiger partial charge in [-0.1, -0.05) is 6.07 Å². The van der Waals surface area contributed by atoms with Crippen LogP contribution in [-0.2, 0) is 17.3 Å². The second-order valence-corrected chi connectivity index (χ2v) is 4.06. The number of hydrogen-bond acceptors (Lipinski definition) is 2. The largest absolute Gasteiger partial charge is 0.315 e. The van der Waals surface area contributed by atoms with Crippen molar-refractivity contribution in [1.82, 2.24) is 4.57 Å². The smallest absolute Gasteiger partial charge is 0.250 e. The van der Waals surface area contributed by atoms with E-state index in [1.165, 1.54) is 6.07 Å². The third-order valence-electron chi connectivity index (χ3n) is 1.52. The van der Waals surface area contributed by atoms with Crippen LogP contribution >= 0.6 is 0 Å². The number of nitrogens with zero attached hydrogens (tertiary/aromatic N) is 1. The minimum absolute atomic E-state index is 0.0389. The molecule has 0 spiro atoms. The fourth-order valence-corrected chi connectivity index (χ4v) is 1.33. The summed E-state index contributed by atoms with van der Waals surface area (Å²) in [5.74, 6) is 0.532. The molecule has 1 atom stereocenters. The Hall–Kier alpha value is -0.900. The van der Waals surface area contributed by atoms with Gasteiger partial charge in [0.1, 0.15) is 0 Å². The summed E-state index contributed by atoms with van der Waals surface area (Å²) in [6.07, 6.45) is 3.34. The van der Waals surface area contributed by atoms with Gasteiger partial charge in [0.15, 0.2) is 0 Å². The Morgan fingerprint density at radius 2 is 2.25 bits per heavy atom. The first kappa shape index (κ1) is 9.19. The highest BCUT2D eigenvalue weighted by molar-refractivity contribution is 7.84. The zero-order valence-electron chi connectivity index (χ0n) is 6.90. The average molecular weight is 185 g/mol. The Labute approximate surface area is 73.5 Å². The molecule has 0 aromatic carbocycles. The highest BCUT2D eigenvalue weighted by atomic mass is 32.2. The summed E-state index contributed by atoms with van der Waals surface area (Å²) in [5.41, 5.74) is -0.0389. The summed E-state index contributed by atoms with van der Waals surface area (Å²) in [4.78, 5) is 11.1. The number of pyridine rings is 1. The van der Waals surface area contributed by atoms with Crippen LogP contribution in [-0.4, -0.2) is 20.8 Å². The number of aryl methyl sites for hydroxylation is 1. The molecule has 1 unspecified atom stereocenters. The van der Waals surface area contributed by atoms with E-state index in [1.807, 2.05) is 0 Å². The molecule has 4 heteroatoms. The van der Waals surface area contributed by atoms with Gasteiger partial charge in [-0.05, 0) is 6.07 Å². The van der Waals surface area contributed by atoms with Gasteiger partial charge in [-0.25, -0.2) is 0 Å². The minimum Gasteiger partial charge on any atom is -0.315 e. The predicted octanol–water partition coefficient (Wildman–Crippen LogP) is 0.227. The molecule has 12 heavy (non-hydrogen) atoms. The lowest BCUT2D eigenvalue weighted by atomic mass is 10.5. The molecule has 1 heterocycles. The first-order valence-electron chi connectivity index (χ1n) is 3.65. The number of hydrogen-bond donors (Lipinski definition) is 0. The monoisotopic (exact) mass is 185 g/mol. The lowest BCUT2D eigenvalue weighted by Gasteiger charge is -2.01. The summed E-state index contributed by atoms with van der Waals surface area (Å²) in [7, 11) is -0.834. The van der Waals surface area contributed by atoms with Gasteiger partial charge in [0.25, 0.3) is 5.56 Å². The highest BCUT2D eigenvalue weighted by Gasteiger charge is 1.94. The molecule has 0 saturated heterocycles. The third-order valence-corrected chi connectivity index (χ3v) is 2.28. The molecular formula is C8H11NO2S. The molecule has 0 aliphatic rings. The first-order valence-corrected chi connectivity index (χ1v) is 5.38. The Bertz CT molecular complexity index is 332. The van der Waals surface area contributed by atoms with E-state index in [0.29, 0.717) is 12.3 Å². The van der Waals surface area contributed by atoms with Gasteiger partial charge in [-0.3, -0.25) is 9.00 Å². The van der Waals surface area contributed by atoms with Crippen LogP contribution in [0.1, 0.15) is 0 Å². The Balaban J connectivity index is 2.70. The van der Waals surface area contributed by atoms with Crippen LogP contribution in [0.3, 0.4) is 0 Å². The van der Waals surface area contributed by atoms with E-state index in [9.17, 15) is 9.00 Å². The van der Waals surface area contributed by atoms with Gasteiger partial charge < -0.3 is 4.57 Å². The molecule has 66 valence electrons. The van der Waals surface area contributed by atoms with Crippen LogP contribution in [0, 0.1) is 0 Å². The number of rotatable bonds is 3. The molecule has 0 amide bonds. The van der Waals surface area contributed by atoms with Crippen molar-refractivity contribution < 1.29 is 4.21 Å². The Kier molecular flexibility index (Phi) is 3.22. The molecule has 1 rings (SSSR count). The van der Waals surface area contributed by atoms with Gasteiger partial charge in [0, 0.05) is 41.6 Å². The van der Waals surface area contributed by atoms with Gasteiger partial charge >= 0.3 is 0 Å². The summed E-state index contributed by atoms with van der Waals surface area (Å²) < 4.78 is 12.3. The van der Waals surface area contributed by atoms with Crippen LogP contribution in [0.15, 0.2) is 29.2 Å². The first-order chi connectivity index (χ1) is 5.70. The molecule has 1 aromatic rings. The second kappa shape index (κ2) is 4.21. The van der Waals surface area contributed by atoms with Crippen molar-refractivity contribution in [1.29, 1.82) is 0 Å². The van der Waals surface area contributed by atoms with Crippen molar-refractivity contribution >= 4 is 10.8 Å². The van der Waals surface area contributed by atoms with E-state index in [2.05, 4.69) is 0 Å². The lowest BCUT2D eigenvalue weighted by Crippen LogP contribution is -2.20. The van der Waals surface area contributed by atoms with E-state index in [1.54, 1.807) is 29.2 Å². The molecule has 3 nitrogen and oxygen atoms in total. The van der Waals surface area contributed by atoms with Crippen molar-refractivity contribution in [2.24, 2.45) is 0 Å². The molecular weight excluding hydrogens is 174 g/mol. The molecule has 0 aliphatic heterocycles.